The lowest BCUT2D eigenvalue weighted by Crippen LogP contribution is -2.43. The summed E-state index contributed by atoms with van der Waals surface area (Å²) in [4.78, 5) is 29.3. The molecule has 25 heavy (non-hydrogen) atoms. The van der Waals surface area contributed by atoms with Crippen LogP contribution in [-0.4, -0.2) is 37.7 Å². The monoisotopic (exact) mass is 347 g/mol. The molecule has 1 aromatic carbocycles. The van der Waals surface area contributed by atoms with E-state index in [1.54, 1.807) is 13.8 Å². The SMILES string of the molecule is CCOC(=O)C1=C(C)NC(N[N+](=O)[O-])=N[C@H]1c1ccc(N(C)C)cc1. The first kappa shape index (κ1) is 18.2. The van der Waals surface area contributed by atoms with Crippen molar-refractivity contribution in [3.8, 4) is 0 Å². The second-order valence-electron chi connectivity index (χ2n) is 5.62. The normalized spacial score (nSPS) is 16.6. The Labute approximate surface area is 145 Å². The van der Waals surface area contributed by atoms with Crippen molar-refractivity contribution >= 4 is 17.6 Å². The summed E-state index contributed by atoms with van der Waals surface area (Å²) in [6.45, 7) is 3.60. The number of hydrogen-bond acceptors (Lipinski definition) is 7. The van der Waals surface area contributed by atoms with E-state index < -0.39 is 17.0 Å². The first-order valence-corrected chi connectivity index (χ1v) is 7.74. The molecule has 0 fully saturated rings. The molecule has 1 aromatic rings. The zero-order valence-corrected chi connectivity index (χ0v) is 14.6. The number of hydrogen-bond donors (Lipinski definition) is 2. The predicted molar refractivity (Wildman–Crippen MR) is 93.5 cm³/mol. The van der Waals surface area contributed by atoms with Gasteiger partial charge in [-0.15, -0.1) is 0 Å². The maximum Gasteiger partial charge on any atom is 0.338 e. The number of carbonyl (C=O) groups is 1. The third-order valence-electron chi connectivity index (χ3n) is 3.66. The lowest BCUT2D eigenvalue weighted by atomic mass is 9.96. The van der Waals surface area contributed by atoms with E-state index >= 15 is 0 Å². The Kier molecular flexibility index (Phi) is 5.58. The quantitative estimate of drug-likeness (QED) is 0.470. The van der Waals surface area contributed by atoms with Crippen LogP contribution in [0, 0.1) is 10.1 Å². The van der Waals surface area contributed by atoms with Crippen molar-refractivity contribution in [3.05, 3.63) is 51.2 Å². The minimum Gasteiger partial charge on any atom is -0.463 e. The van der Waals surface area contributed by atoms with E-state index in [-0.39, 0.29) is 12.6 Å². The number of aliphatic imine (C=N–C) groups is 1. The van der Waals surface area contributed by atoms with Gasteiger partial charge in [-0.2, -0.15) is 0 Å². The summed E-state index contributed by atoms with van der Waals surface area (Å²) in [7, 11) is 3.84. The summed E-state index contributed by atoms with van der Waals surface area (Å²) >= 11 is 0. The van der Waals surface area contributed by atoms with Gasteiger partial charge in [0.25, 0.3) is 5.96 Å². The molecule has 0 aromatic heterocycles. The summed E-state index contributed by atoms with van der Waals surface area (Å²) in [5, 5.41) is 12.7. The second-order valence-corrected chi connectivity index (χ2v) is 5.62. The lowest BCUT2D eigenvalue weighted by Gasteiger charge is -2.25. The van der Waals surface area contributed by atoms with E-state index in [0.717, 1.165) is 11.3 Å². The number of hydrazine groups is 1. The second kappa shape index (κ2) is 7.65. The van der Waals surface area contributed by atoms with Crippen LogP contribution in [0.1, 0.15) is 25.5 Å². The van der Waals surface area contributed by atoms with Crippen molar-refractivity contribution < 1.29 is 14.6 Å². The lowest BCUT2D eigenvalue weighted by molar-refractivity contribution is -0.525. The number of nitrogens with zero attached hydrogens (tertiary/aromatic N) is 3. The summed E-state index contributed by atoms with van der Waals surface area (Å²) in [6, 6.07) is 6.77. The smallest absolute Gasteiger partial charge is 0.338 e. The molecule has 0 spiro atoms. The Hall–Kier alpha value is -3.10. The van der Waals surface area contributed by atoms with Gasteiger partial charge in [0, 0.05) is 25.5 Å². The number of benzene rings is 1. The van der Waals surface area contributed by atoms with E-state index in [9.17, 15) is 14.9 Å². The molecule has 1 heterocycles. The van der Waals surface area contributed by atoms with Gasteiger partial charge in [-0.05, 0) is 31.5 Å². The van der Waals surface area contributed by atoms with Gasteiger partial charge in [0.1, 0.15) is 6.04 Å². The number of ether oxygens (including phenoxy) is 1. The van der Waals surface area contributed by atoms with E-state index in [4.69, 9.17) is 4.74 Å². The Morgan fingerprint density at radius 3 is 2.56 bits per heavy atom. The zero-order chi connectivity index (χ0) is 18.6. The van der Waals surface area contributed by atoms with Crippen LogP contribution >= 0.6 is 0 Å². The molecule has 0 aliphatic carbocycles. The van der Waals surface area contributed by atoms with Crippen molar-refractivity contribution in [2.24, 2.45) is 4.99 Å². The molecule has 1 aliphatic rings. The number of guanidine groups is 1. The van der Waals surface area contributed by atoms with Gasteiger partial charge in [0.05, 0.1) is 12.2 Å². The molecule has 0 radical (unpaired) electrons. The molecule has 0 unspecified atom stereocenters. The Bertz CT molecular complexity index is 725. The molecular formula is C16H21N5O4. The summed E-state index contributed by atoms with van der Waals surface area (Å²) in [5.41, 5.74) is 4.51. The van der Waals surface area contributed by atoms with Gasteiger partial charge in [0.2, 0.25) is 0 Å². The largest absolute Gasteiger partial charge is 0.463 e. The predicted octanol–water partition coefficient (Wildman–Crippen LogP) is 1.37. The van der Waals surface area contributed by atoms with Crippen LogP contribution in [-0.2, 0) is 9.53 Å². The average Bonchev–Trinajstić information content (AvgIpc) is 2.53. The van der Waals surface area contributed by atoms with Crippen LogP contribution in [0.3, 0.4) is 0 Å². The number of esters is 1. The third-order valence-corrected chi connectivity index (χ3v) is 3.66. The number of nitrogens with one attached hydrogen (secondary N) is 2. The fourth-order valence-electron chi connectivity index (χ4n) is 2.49. The molecule has 134 valence electrons. The van der Waals surface area contributed by atoms with Crippen molar-refractivity contribution in [3.63, 3.8) is 0 Å². The van der Waals surface area contributed by atoms with Gasteiger partial charge in [-0.1, -0.05) is 17.6 Å². The van der Waals surface area contributed by atoms with Gasteiger partial charge >= 0.3 is 5.97 Å². The van der Waals surface area contributed by atoms with Gasteiger partial charge in [-0.3, -0.25) is 0 Å². The van der Waals surface area contributed by atoms with Gasteiger partial charge in [-0.25, -0.2) is 19.9 Å². The van der Waals surface area contributed by atoms with Crippen LogP contribution in [0.25, 0.3) is 0 Å². The molecule has 0 bridgehead atoms. The third kappa shape index (κ3) is 4.25. The molecule has 0 saturated heterocycles. The van der Waals surface area contributed by atoms with E-state index in [0.29, 0.717) is 11.3 Å². The van der Waals surface area contributed by atoms with E-state index in [1.807, 2.05) is 48.7 Å². The van der Waals surface area contributed by atoms with Crippen LogP contribution in [0.2, 0.25) is 0 Å². The van der Waals surface area contributed by atoms with Crippen LogP contribution < -0.4 is 15.6 Å². The van der Waals surface area contributed by atoms with Crippen molar-refractivity contribution in [1.29, 1.82) is 0 Å². The summed E-state index contributed by atoms with van der Waals surface area (Å²) in [5.74, 6) is -0.532. The van der Waals surface area contributed by atoms with Gasteiger partial charge < -0.3 is 15.0 Å². The molecule has 9 heteroatoms. The number of carbonyl (C=O) groups excluding carboxylic acids is 1. The standard InChI is InChI=1S/C16H21N5O4/c1-5-25-15(22)13-10(2)17-16(19-21(23)24)18-14(13)11-6-8-12(9-7-11)20(3)4/h6-9,14H,5H2,1-4H3,(H2,17,18,19)/t14-/m0/s1. The maximum absolute atomic E-state index is 12.3. The van der Waals surface area contributed by atoms with Crippen LogP contribution in [0.5, 0.6) is 0 Å². The van der Waals surface area contributed by atoms with Crippen LogP contribution in [0.4, 0.5) is 5.69 Å². The highest BCUT2D eigenvalue weighted by Crippen LogP contribution is 2.32. The number of allylic oxidation sites excluding steroid dienone is 1. The molecule has 2 rings (SSSR count). The molecule has 9 nitrogen and oxygen atoms in total. The highest BCUT2D eigenvalue weighted by Gasteiger charge is 2.31. The zero-order valence-electron chi connectivity index (χ0n) is 14.6. The summed E-state index contributed by atoms with van der Waals surface area (Å²) < 4.78 is 5.11. The molecule has 1 aliphatic heterocycles. The first-order valence-electron chi connectivity index (χ1n) is 7.74. The Morgan fingerprint density at radius 1 is 1.40 bits per heavy atom. The first-order chi connectivity index (χ1) is 11.8. The van der Waals surface area contributed by atoms with Crippen LogP contribution in [0.15, 0.2) is 40.5 Å². The molecular weight excluding hydrogens is 326 g/mol. The highest BCUT2D eigenvalue weighted by molar-refractivity contribution is 5.95. The topological polar surface area (TPSA) is 109 Å². The minimum atomic E-state index is -0.708. The Morgan fingerprint density at radius 2 is 2.04 bits per heavy atom. The molecule has 2 N–H and O–H groups in total. The Balaban J connectivity index is 2.44. The van der Waals surface area contributed by atoms with Crippen molar-refractivity contribution in [2.75, 3.05) is 25.6 Å². The molecule has 0 amide bonds. The highest BCUT2D eigenvalue weighted by atomic mass is 16.7. The minimum absolute atomic E-state index is 0.0303. The van der Waals surface area contributed by atoms with E-state index in [2.05, 4.69) is 10.3 Å². The fourth-order valence-corrected chi connectivity index (χ4v) is 2.49. The number of rotatable bonds is 5. The number of anilines is 1. The maximum atomic E-state index is 12.3. The number of nitro groups is 1. The van der Waals surface area contributed by atoms with Crippen molar-refractivity contribution in [1.82, 2.24) is 10.7 Å². The molecule has 1 atom stereocenters. The van der Waals surface area contributed by atoms with Crippen molar-refractivity contribution in [2.45, 2.75) is 19.9 Å². The average molecular weight is 347 g/mol. The molecule has 0 saturated carbocycles. The van der Waals surface area contributed by atoms with E-state index in [1.165, 1.54) is 0 Å². The fraction of sp³-hybridized carbons (Fsp3) is 0.375. The van der Waals surface area contributed by atoms with Gasteiger partial charge in [0.15, 0.2) is 5.03 Å². The summed E-state index contributed by atoms with van der Waals surface area (Å²) in [6.07, 6.45) is 0.